The van der Waals surface area contributed by atoms with Crippen molar-refractivity contribution < 1.29 is 19.1 Å². The summed E-state index contributed by atoms with van der Waals surface area (Å²) in [5.41, 5.74) is -0.690. The van der Waals surface area contributed by atoms with E-state index in [9.17, 15) is 9.59 Å². The number of carbonyl (C=O) groups is 2. The summed E-state index contributed by atoms with van der Waals surface area (Å²) in [6.07, 6.45) is 10.8. The molecule has 0 saturated heterocycles. The third-order valence-corrected chi connectivity index (χ3v) is 5.18. The Hall–Kier alpha value is -1.23. The molecule has 1 aliphatic rings. The van der Waals surface area contributed by atoms with Crippen LogP contribution in [0.2, 0.25) is 0 Å². The number of nitrogens with one attached hydrogen (secondary N) is 1. The van der Waals surface area contributed by atoms with Gasteiger partial charge in [-0.3, -0.25) is 4.79 Å². The number of carbonyl (C=O) groups excluding carboxylic acids is 2. The van der Waals surface area contributed by atoms with Gasteiger partial charge in [0.2, 0.25) is 0 Å². The van der Waals surface area contributed by atoms with Crippen LogP contribution in [0.25, 0.3) is 0 Å². The number of amides is 1. The minimum atomic E-state index is -0.690. The Balaban J connectivity index is 2.62. The van der Waals surface area contributed by atoms with Crippen LogP contribution in [0, 0.1) is 0 Å². The molecule has 0 radical (unpaired) electrons. The Morgan fingerprint density at radius 3 is 2.64 bits per heavy atom. The molecule has 1 aliphatic carbocycles. The van der Waals surface area contributed by atoms with E-state index in [-0.39, 0.29) is 12.0 Å². The van der Waals surface area contributed by atoms with Gasteiger partial charge in [-0.15, -0.1) is 0 Å². The van der Waals surface area contributed by atoms with Gasteiger partial charge in [-0.25, -0.2) is 4.79 Å². The van der Waals surface area contributed by atoms with Crippen molar-refractivity contribution in [1.82, 2.24) is 5.32 Å². The number of esters is 1. The van der Waals surface area contributed by atoms with Crippen LogP contribution in [0.5, 0.6) is 0 Å². The fraction of sp³-hybridized carbons (Fsp3) is 0.789. The van der Waals surface area contributed by atoms with Crippen molar-refractivity contribution >= 4 is 23.7 Å². The molecule has 5 nitrogen and oxygen atoms in total. The summed E-state index contributed by atoms with van der Waals surface area (Å²) in [4.78, 5) is 23.1. The zero-order chi connectivity index (χ0) is 18.7. The van der Waals surface area contributed by atoms with Crippen molar-refractivity contribution in [2.75, 3.05) is 7.11 Å². The molecular weight excluding hydrogens is 342 g/mol. The highest BCUT2D eigenvalue weighted by Crippen LogP contribution is 2.39. The zero-order valence-electron chi connectivity index (χ0n) is 15.7. The van der Waals surface area contributed by atoms with E-state index in [1.165, 1.54) is 14.0 Å². The second-order valence-electron chi connectivity index (χ2n) is 6.75. The fourth-order valence-corrected chi connectivity index (χ4v) is 3.72. The number of ether oxygens (including phenoxy) is 2. The summed E-state index contributed by atoms with van der Waals surface area (Å²) >= 11 is 6.40. The van der Waals surface area contributed by atoms with Crippen LogP contribution >= 0.6 is 11.6 Å². The van der Waals surface area contributed by atoms with E-state index >= 15 is 0 Å². The summed E-state index contributed by atoms with van der Waals surface area (Å²) < 4.78 is 10.3. The number of rotatable bonds is 10. The van der Waals surface area contributed by atoms with Crippen LogP contribution in [0.4, 0.5) is 4.79 Å². The Morgan fingerprint density at radius 1 is 1.32 bits per heavy atom. The normalized spacial score (nSPS) is 21.2. The van der Waals surface area contributed by atoms with E-state index in [1.54, 1.807) is 0 Å². The van der Waals surface area contributed by atoms with Gasteiger partial charge in [0, 0.05) is 13.0 Å². The molecule has 6 heteroatoms. The van der Waals surface area contributed by atoms with Gasteiger partial charge in [-0.2, -0.15) is 0 Å². The number of alkyl carbamates (subject to hydrolysis) is 1. The highest BCUT2D eigenvalue weighted by atomic mass is 35.5. The molecule has 0 aromatic rings. The summed E-state index contributed by atoms with van der Waals surface area (Å²) in [5.74, 6) is -0.305. The van der Waals surface area contributed by atoms with Crippen LogP contribution in [0.3, 0.4) is 0 Å². The number of methoxy groups -OCH3 is 1. The molecule has 1 amide bonds. The number of halogens is 1. The minimum absolute atomic E-state index is 0.0692. The van der Waals surface area contributed by atoms with E-state index in [0.29, 0.717) is 11.5 Å². The monoisotopic (exact) mass is 373 g/mol. The number of unbranched alkanes of at least 4 members (excludes halogenated alkanes) is 2. The van der Waals surface area contributed by atoms with Gasteiger partial charge in [0.1, 0.15) is 5.60 Å². The van der Waals surface area contributed by atoms with E-state index in [1.807, 2.05) is 6.08 Å². The Kier molecular flexibility index (Phi) is 9.94. The van der Waals surface area contributed by atoms with Crippen molar-refractivity contribution in [3.05, 3.63) is 11.1 Å². The lowest BCUT2D eigenvalue weighted by Crippen LogP contribution is -2.38. The van der Waals surface area contributed by atoms with E-state index in [0.717, 1.165) is 57.8 Å². The van der Waals surface area contributed by atoms with Crippen LogP contribution in [0.1, 0.15) is 78.1 Å². The van der Waals surface area contributed by atoms with Crippen molar-refractivity contribution in [1.29, 1.82) is 0 Å². The first-order valence-electron chi connectivity index (χ1n) is 9.33. The Morgan fingerprint density at radius 2 is 2.04 bits per heavy atom. The summed E-state index contributed by atoms with van der Waals surface area (Å²) in [7, 11) is 1.38. The summed E-state index contributed by atoms with van der Waals surface area (Å²) in [6, 6.07) is 0.0692. The van der Waals surface area contributed by atoms with Crippen molar-refractivity contribution in [3.8, 4) is 0 Å². The van der Waals surface area contributed by atoms with Gasteiger partial charge in [-0.1, -0.05) is 43.9 Å². The zero-order valence-corrected chi connectivity index (χ0v) is 16.5. The maximum atomic E-state index is 11.5. The summed E-state index contributed by atoms with van der Waals surface area (Å²) in [5, 5.41) is 3.55. The molecule has 2 atom stereocenters. The quantitative estimate of drug-likeness (QED) is 0.429. The minimum Gasteiger partial charge on any atom is -0.453 e. The third-order valence-electron chi connectivity index (χ3n) is 4.68. The fourth-order valence-electron chi connectivity index (χ4n) is 3.38. The second kappa shape index (κ2) is 11.4. The maximum absolute atomic E-state index is 11.5. The van der Waals surface area contributed by atoms with Gasteiger partial charge >= 0.3 is 12.1 Å². The van der Waals surface area contributed by atoms with Crippen molar-refractivity contribution in [2.24, 2.45) is 0 Å². The molecule has 0 spiro atoms. The molecule has 1 rings (SSSR count). The molecule has 0 aliphatic heterocycles. The first kappa shape index (κ1) is 21.8. The number of hydrogen-bond donors (Lipinski definition) is 1. The van der Waals surface area contributed by atoms with Crippen LogP contribution in [-0.2, 0) is 14.3 Å². The highest BCUT2D eigenvalue weighted by molar-refractivity contribution is 6.30. The van der Waals surface area contributed by atoms with Gasteiger partial charge in [0.15, 0.2) is 0 Å². The second-order valence-corrected chi connectivity index (χ2v) is 7.16. The molecule has 0 aromatic carbocycles. The van der Waals surface area contributed by atoms with Crippen LogP contribution in [0.15, 0.2) is 11.1 Å². The molecule has 0 fully saturated rings. The Labute approximate surface area is 156 Å². The van der Waals surface area contributed by atoms with Crippen molar-refractivity contribution in [2.45, 2.75) is 89.7 Å². The lowest BCUT2D eigenvalue weighted by Gasteiger charge is -2.36. The van der Waals surface area contributed by atoms with E-state index in [2.05, 4.69) is 12.2 Å². The maximum Gasteiger partial charge on any atom is 0.407 e. The molecule has 1 N–H and O–H groups in total. The van der Waals surface area contributed by atoms with E-state index in [4.69, 9.17) is 21.1 Å². The lowest BCUT2D eigenvalue weighted by atomic mass is 9.85. The predicted molar refractivity (Wildman–Crippen MR) is 99.6 cm³/mol. The molecule has 0 saturated carbocycles. The lowest BCUT2D eigenvalue weighted by molar-refractivity contribution is -0.154. The smallest absolute Gasteiger partial charge is 0.407 e. The van der Waals surface area contributed by atoms with Crippen molar-refractivity contribution in [3.63, 3.8) is 0 Å². The average molecular weight is 374 g/mol. The van der Waals surface area contributed by atoms with Crippen LogP contribution < -0.4 is 5.32 Å². The van der Waals surface area contributed by atoms with Gasteiger partial charge in [0.05, 0.1) is 12.1 Å². The molecule has 0 aromatic heterocycles. The summed E-state index contributed by atoms with van der Waals surface area (Å²) in [6.45, 7) is 3.58. The number of allylic oxidation sites excluding steroid dienone is 1. The van der Waals surface area contributed by atoms with Gasteiger partial charge in [0.25, 0.3) is 0 Å². The Bertz CT molecular complexity index is 466. The highest BCUT2D eigenvalue weighted by Gasteiger charge is 2.38. The SMILES string of the molecule is CCCCCC(CCCC1(OC(C)=O)CCCC=C1Cl)NC(=O)OC. The van der Waals surface area contributed by atoms with Gasteiger partial charge in [-0.05, 0) is 44.9 Å². The first-order chi connectivity index (χ1) is 11.9. The molecule has 0 heterocycles. The topological polar surface area (TPSA) is 64.6 Å². The molecular formula is C19H32ClNO4. The molecule has 0 bridgehead atoms. The first-order valence-corrected chi connectivity index (χ1v) is 9.71. The predicted octanol–water partition coefficient (Wildman–Crippen LogP) is 5.07. The third kappa shape index (κ3) is 7.68. The van der Waals surface area contributed by atoms with Crippen LogP contribution in [-0.4, -0.2) is 30.8 Å². The largest absolute Gasteiger partial charge is 0.453 e. The molecule has 2 unspecified atom stereocenters. The van der Waals surface area contributed by atoms with E-state index < -0.39 is 11.7 Å². The average Bonchev–Trinajstić information content (AvgIpc) is 2.56. The number of hydrogen-bond acceptors (Lipinski definition) is 4. The molecule has 25 heavy (non-hydrogen) atoms. The molecule has 144 valence electrons. The van der Waals surface area contributed by atoms with Gasteiger partial charge < -0.3 is 14.8 Å². The standard InChI is InChI=1S/C19H32ClNO4/c1-4-5-6-10-16(21-18(23)24-3)11-9-14-19(25-15(2)22)13-8-7-12-17(19)20/h12,16H,4-11,13-14H2,1-3H3,(H,21,23).